The van der Waals surface area contributed by atoms with E-state index in [1.165, 1.54) is 0 Å². The molecule has 1 fully saturated rings. The predicted molar refractivity (Wildman–Crippen MR) is 93.1 cm³/mol. The van der Waals surface area contributed by atoms with E-state index < -0.39 is 0 Å². The van der Waals surface area contributed by atoms with Gasteiger partial charge in [0.1, 0.15) is 0 Å². The molecule has 1 aromatic carbocycles. The van der Waals surface area contributed by atoms with Gasteiger partial charge in [0.2, 0.25) is 5.95 Å². The fourth-order valence-electron chi connectivity index (χ4n) is 3.26. The van der Waals surface area contributed by atoms with Crippen LogP contribution in [0.15, 0.2) is 48.9 Å². The Morgan fingerprint density at radius 3 is 2.50 bits per heavy atom. The van der Waals surface area contributed by atoms with Gasteiger partial charge in [0.15, 0.2) is 0 Å². The number of aromatic nitrogens is 3. The Balaban J connectivity index is 1.53. The average Bonchev–Trinajstić information content (AvgIpc) is 3.03. The van der Waals surface area contributed by atoms with E-state index in [4.69, 9.17) is 0 Å². The first-order valence-electron chi connectivity index (χ1n) is 8.09. The Morgan fingerprint density at radius 1 is 1.00 bits per heavy atom. The molecule has 6 nitrogen and oxygen atoms in total. The number of aryl methyl sites for hydroxylation is 1. The third-order valence-electron chi connectivity index (χ3n) is 4.53. The van der Waals surface area contributed by atoms with E-state index in [1.807, 2.05) is 53.0 Å². The standard InChI is InChI=1S/C18H19N5O/c1-21-9-6-14-4-2-5-15(16(14)21)17(24)22-10-12-23(13-11-22)18-19-7-3-8-20-18/h2-9H,10-13H2,1H3. The molecule has 1 aliphatic rings. The van der Waals surface area contributed by atoms with Gasteiger partial charge in [-0.25, -0.2) is 9.97 Å². The maximum Gasteiger partial charge on any atom is 0.256 e. The van der Waals surface area contributed by atoms with E-state index in [0.717, 1.165) is 35.5 Å². The Kier molecular flexibility index (Phi) is 3.65. The van der Waals surface area contributed by atoms with Crippen LogP contribution in [0.1, 0.15) is 10.4 Å². The predicted octanol–water partition coefficient (Wildman–Crippen LogP) is 1.93. The zero-order chi connectivity index (χ0) is 16.5. The van der Waals surface area contributed by atoms with Crippen LogP contribution in [0.4, 0.5) is 5.95 Å². The molecule has 24 heavy (non-hydrogen) atoms. The Bertz CT molecular complexity index is 866. The molecule has 0 spiro atoms. The Hall–Kier alpha value is -2.89. The minimum absolute atomic E-state index is 0.0935. The van der Waals surface area contributed by atoms with Gasteiger partial charge >= 0.3 is 0 Å². The van der Waals surface area contributed by atoms with Gasteiger partial charge in [-0.3, -0.25) is 4.79 Å². The zero-order valence-corrected chi connectivity index (χ0v) is 13.6. The van der Waals surface area contributed by atoms with Crippen LogP contribution in [0.25, 0.3) is 10.9 Å². The molecule has 1 saturated heterocycles. The van der Waals surface area contributed by atoms with Gasteiger partial charge in [0, 0.05) is 57.2 Å². The molecule has 0 atom stereocenters. The van der Waals surface area contributed by atoms with E-state index in [2.05, 4.69) is 14.9 Å². The number of hydrogen-bond acceptors (Lipinski definition) is 4. The summed E-state index contributed by atoms with van der Waals surface area (Å²) in [5.74, 6) is 0.824. The van der Waals surface area contributed by atoms with E-state index in [9.17, 15) is 4.79 Å². The van der Waals surface area contributed by atoms with Crippen LogP contribution in [-0.4, -0.2) is 51.5 Å². The molecule has 0 radical (unpaired) electrons. The number of piperazine rings is 1. The molecule has 1 aliphatic heterocycles. The van der Waals surface area contributed by atoms with Crippen molar-refractivity contribution in [2.45, 2.75) is 0 Å². The Morgan fingerprint density at radius 2 is 1.75 bits per heavy atom. The van der Waals surface area contributed by atoms with Crippen molar-refractivity contribution in [1.82, 2.24) is 19.4 Å². The van der Waals surface area contributed by atoms with Crippen LogP contribution in [-0.2, 0) is 7.05 Å². The highest BCUT2D eigenvalue weighted by atomic mass is 16.2. The number of nitrogens with zero attached hydrogens (tertiary/aromatic N) is 5. The summed E-state index contributed by atoms with van der Waals surface area (Å²) in [5, 5.41) is 1.10. The highest BCUT2D eigenvalue weighted by Gasteiger charge is 2.24. The van der Waals surface area contributed by atoms with Crippen molar-refractivity contribution in [1.29, 1.82) is 0 Å². The molecule has 0 N–H and O–H groups in total. The van der Waals surface area contributed by atoms with Crippen molar-refractivity contribution in [3.05, 3.63) is 54.5 Å². The molecule has 3 aromatic rings. The molecule has 2 aromatic heterocycles. The minimum atomic E-state index is 0.0935. The van der Waals surface area contributed by atoms with Crippen LogP contribution < -0.4 is 4.90 Å². The van der Waals surface area contributed by atoms with Crippen molar-refractivity contribution in [3.63, 3.8) is 0 Å². The monoisotopic (exact) mass is 321 g/mol. The second-order valence-electron chi connectivity index (χ2n) is 6.00. The molecule has 122 valence electrons. The molecule has 0 unspecified atom stereocenters. The molecule has 0 aliphatic carbocycles. The lowest BCUT2D eigenvalue weighted by molar-refractivity contribution is 0.0748. The minimum Gasteiger partial charge on any atom is -0.350 e. The van der Waals surface area contributed by atoms with Crippen LogP contribution >= 0.6 is 0 Å². The molecular weight excluding hydrogens is 302 g/mol. The number of carbonyl (C=O) groups is 1. The van der Waals surface area contributed by atoms with Gasteiger partial charge in [0.05, 0.1) is 11.1 Å². The van der Waals surface area contributed by atoms with Crippen LogP contribution in [0, 0.1) is 0 Å². The largest absolute Gasteiger partial charge is 0.350 e. The summed E-state index contributed by atoms with van der Waals surface area (Å²) in [7, 11) is 1.98. The number of carbonyl (C=O) groups excluding carboxylic acids is 1. The fraction of sp³-hybridized carbons (Fsp3) is 0.278. The average molecular weight is 321 g/mol. The highest BCUT2D eigenvalue weighted by Crippen LogP contribution is 2.21. The number of anilines is 1. The van der Waals surface area contributed by atoms with Gasteiger partial charge in [-0.1, -0.05) is 12.1 Å². The summed E-state index contributed by atoms with van der Waals surface area (Å²) in [6, 6.07) is 9.75. The maximum atomic E-state index is 13.0. The van der Waals surface area contributed by atoms with Crippen molar-refractivity contribution in [3.8, 4) is 0 Å². The highest BCUT2D eigenvalue weighted by molar-refractivity contribution is 6.06. The van der Waals surface area contributed by atoms with Gasteiger partial charge in [0.25, 0.3) is 5.91 Å². The normalized spacial score (nSPS) is 15.0. The van der Waals surface area contributed by atoms with E-state index >= 15 is 0 Å². The van der Waals surface area contributed by atoms with Crippen molar-refractivity contribution >= 4 is 22.8 Å². The smallest absolute Gasteiger partial charge is 0.256 e. The van der Waals surface area contributed by atoms with E-state index in [-0.39, 0.29) is 5.91 Å². The van der Waals surface area contributed by atoms with Gasteiger partial charge in [-0.2, -0.15) is 0 Å². The lowest BCUT2D eigenvalue weighted by Gasteiger charge is -2.34. The zero-order valence-electron chi connectivity index (χ0n) is 13.6. The summed E-state index contributed by atoms with van der Waals surface area (Å²) in [6.07, 6.45) is 5.48. The van der Waals surface area contributed by atoms with Crippen LogP contribution in [0.5, 0.6) is 0 Å². The summed E-state index contributed by atoms with van der Waals surface area (Å²) in [5.41, 5.74) is 1.76. The number of amides is 1. The molecule has 4 rings (SSSR count). The quantitative estimate of drug-likeness (QED) is 0.724. The fourth-order valence-corrected chi connectivity index (χ4v) is 3.26. The van der Waals surface area contributed by atoms with Crippen molar-refractivity contribution in [2.75, 3.05) is 31.1 Å². The van der Waals surface area contributed by atoms with Crippen molar-refractivity contribution < 1.29 is 4.79 Å². The van der Waals surface area contributed by atoms with Crippen LogP contribution in [0.3, 0.4) is 0 Å². The lowest BCUT2D eigenvalue weighted by atomic mass is 10.1. The number of para-hydroxylation sites is 1. The van der Waals surface area contributed by atoms with Crippen LogP contribution in [0.2, 0.25) is 0 Å². The first kappa shape index (κ1) is 14.7. The van der Waals surface area contributed by atoms with E-state index in [1.54, 1.807) is 12.4 Å². The SMILES string of the molecule is Cn1ccc2cccc(C(=O)N3CCN(c4ncccn4)CC3)c21. The molecule has 0 saturated carbocycles. The van der Waals surface area contributed by atoms with Crippen molar-refractivity contribution in [2.24, 2.45) is 7.05 Å². The Labute approximate surface area is 140 Å². The number of fused-ring (bicyclic) bond motifs is 1. The summed E-state index contributed by atoms with van der Waals surface area (Å²) < 4.78 is 2.01. The molecule has 6 heteroatoms. The summed E-state index contributed by atoms with van der Waals surface area (Å²) >= 11 is 0. The molecule has 3 heterocycles. The van der Waals surface area contributed by atoms with Gasteiger partial charge in [-0.05, 0) is 18.2 Å². The second kappa shape index (κ2) is 5.96. The molecule has 0 bridgehead atoms. The summed E-state index contributed by atoms with van der Waals surface area (Å²) in [6.45, 7) is 2.85. The number of rotatable bonds is 2. The number of hydrogen-bond donors (Lipinski definition) is 0. The topological polar surface area (TPSA) is 54.3 Å². The maximum absolute atomic E-state index is 13.0. The van der Waals surface area contributed by atoms with E-state index in [0.29, 0.717) is 13.1 Å². The molecular formula is C18H19N5O. The first-order chi connectivity index (χ1) is 11.7. The third-order valence-corrected chi connectivity index (χ3v) is 4.53. The number of benzene rings is 1. The molecule has 1 amide bonds. The van der Waals surface area contributed by atoms with Gasteiger partial charge < -0.3 is 14.4 Å². The first-order valence-corrected chi connectivity index (χ1v) is 8.09. The lowest BCUT2D eigenvalue weighted by Crippen LogP contribution is -2.49. The summed E-state index contributed by atoms with van der Waals surface area (Å²) in [4.78, 5) is 25.6. The van der Waals surface area contributed by atoms with Gasteiger partial charge in [-0.15, -0.1) is 0 Å². The second-order valence-corrected chi connectivity index (χ2v) is 6.00. The third kappa shape index (κ3) is 2.50.